The molecule has 1 aliphatic rings. The molecule has 0 aromatic heterocycles. The van der Waals surface area contributed by atoms with Gasteiger partial charge in [0, 0.05) is 6.54 Å². The molecule has 29 heavy (non-hydrogen) atoms. The van der Waals surface area contributed by atoms with Crippen LogP contribution < -0.4 is 25.0 Å². The quantitative estimate of drug-likeness (QED) is 0.226. The smallest absolute Gasteiger partial charge is 0.314 e. The topological polar surface area (TPSA) is 81.2 Å². The Morgan fingerprint density at radius 3 is 2.55 bits per heavy atom. The number of hydrogen-bond donors (Lipinski definition) is 2. The second-order valence-electron chi connectivity index (χ2n) is 6.51. The number of methoxy groups -OCH3 is 2. The van der Waals surface area contributed by atoms with Crippen molar-refractivity contribution >= 4 is 29.5 Å². The van der Waals surface area contributed by atoms with Gasteiger partial charge in [-0.15, -0.1) is 0 Å². The number of carbonyl (C=O) groups excluding carboxylic acids is 1. The molecular formula is C21H23N3O4S. The zero-order chi connectivity index (χ0) is 20.6. The summed E-state index contributed by atoms with van der Waals surface area (Å²) >= 11 is 5.22. The Kier molecular flexibility index (Phi) is 7.02. The van der Waals surface area contributed by atoms with E-state index in [2.05, 4.69) is 15.8 Å². The van der Waals surface area contributed by atoms with Crippen molar-refractivity contribution < 1.29 is 19.0 Å². The molecule has 0 heterocycles. The molecule has 8 heteroatoms. The van der Waals surface area contributed by atoms with Crippen LogP contribution in [0, 0.1) is 5.92 Å². The largest absolute Gasteiger partial charge is 0.497 e. The van der Waals surface area contributed by atoms with Crippen molar-refractivity contribution in [1.29, 1.82) is 0 Å². The molecule has 1 aliphatic carbocycles. The minimum Gasteiger partial charge on any atom is -0.497 e. The van der Waals surface area contributed by atoms with Gasteiger partial charge in [-0.2, -0.15) is 5.10 Å². The molecule has 0 unspecified atom stereocenters. The number of hydrazone groups is 1. The van der Waals surface area contributed by atoms with Crippen LogP contribution in [0.5, 0.6) is 17.2 Å². The Morgan fingerprint density at radius 1 is 1.14 bits per heavy atom. The number of ether oxygens (including phenoxy) is 3. The van der Waals surface area contributed by atoms with Crippen molar-refractivity contribution in [2.24, 2.45) is 11.0 Å². The van der Waals surface area contributed by atoms with Gasteiger partial charge in [-0.05, 0) is 66.5 Å². The normalized spacial score (nSPS) is 13.0. The Bertz CT molecular complexity index is 895. The number of rotatable bonds is 8. The summed E-state index contributed by atoms with van der Waals surface area (Å²) in [6.07, 6.45) is 3.39. The summed E-state index contributed by atoms with van der Waals surface area (Å²) in [6.45, 7) is 0.570. The first-order chi connectivity index (χ1) is 14.1. The summed E-state index contributed by atoms with van der Waals surface area (Å²) in [5.74, 6) is 1.51. The molecular weight excluding hydrogens is 390 g/mol. The number of hydrogen-bond acceptors (Lipinski definition) is 6. The standard InChI is InChI=1S/C21H23N3O4S/c1-26-17-8-3-14(4-9-17)12-22-21(29)24-23-13-15-5-10-18(19(11-15)27-2)28-20(25)16-6-7-16/h3-5,8-11,13,16H,6-7,12H2,1-2H3,(H2,22,24,29)/b23-13-. The maximum absolute atomic E-state index is 11.8. The van der Waals surface area contributed by atoms with Crippen LogP contribution in [0.1, 0.15) is 24.0 Å². The summed E-state index contributed by atoms with van der Waals surface area (Å²) in [6, 6.07) is 12.9. The van der Waals surface area contributed by atoms with E-state index in [-0.39, 0.29) is 11.9 Å². The lowest BCUT2D eigenvalue weighted by Gasteiger charge is -2.10. The lowest BCUT2D eigenvalue weighted by atomic mass is 10.2. The zero-order valence-corrected chi connectivity index (χ0v) is 17.1. The Balaban J connectivity index is 1.49. The lowest BCUT2D eigenvalue weighted by molar-refractivity contribution is -0.135. The molecule has 7 nitrogen and oxygen atoms in total. The third kappa shape index (κ3) is 6.18. The number of nitrogens with one attached hydrogen (secondary N) is 2. The monoisotopic (exact) mass is 413 g/mol. The van der Waals surface area contributed by atoms with Crippen LogP contribution in [-0.2, 0) is 11.3 Å². The van der Waals surface area contributed by atoms with E-state index >= 15 is 0 Å². The number of nitrogens with zero attached hydrogens (tertiary/aromatic N) is 1. The maximum atomic E-state index is 11.8. The molecule has 2 aromatic rings. The molecule has 0 aliphatic heterocycles. The van der Waals surface area contributed by atoms with Gasteiger partial charge < -0.3 is 19.5 Å². The van der Waals surface area contributed by atoms with E-state index in [0.717, 1.165) is 29.7 Å². The van der Waals surface area contributed by atoms with E-state index in [1.807, 2.05) is 24.3 Å². The first kappa shape index (κ1) is 20.6. The van der Waals surface area contributed by atoms with Crippen LogP contribution in [0.25, 0.3) is 0 Å². The van der Waals surface area contributed by atoms with Crippen molar-refractivity contribution in [3.05, 3.63) is 53.6 Å². The molecule has 0 bridgehead atoms. The number of carbonyl (C=O) groups is 1. The zero-order valence-electron chi connectivity index (χ0n) is 16.3. The van der Waals surface area contributed by atoms with E-state index in [1.54, 1.807) is 31.5 Å². The highest BCUT2D eigenvalue weighted by atomic mass is 32.1. The fraction of sp³-hybridized carbons (Fsp3) is 0.286. The predicted molar refractivity (Wildman–Crippen MR) is 115 cm³/mol. The number of benzene rings is 2. The average molecular weight is 413 g/mol. The fourth-order valence-electron chi connectivity index (χ4n) is 2.49. The molecule has 2 aromatic carbocycles. The van der Waals surface area contributed by atoms with Crippen LogP contribution in [0.4, 0.5) is 0 Å². The van der Waals surface area contributed by atoms with Crippen LogP contribution in [0.2, 0.25) is 0 Å². The Morgan fingerprint density at radius 2 is 1.90 bits per heavy atom. The summed E-state index contributed by atoms with van der Waals surface area (Å²) in [5.41, 5.74) is 4.62. The Hall–Kier alpha value is -3.13. The van der Waals surface area contributed by atoms with E-state index in [0.29, 0.717) is 23.2 Å². The molecule has 0 amide bonds. The summed E-state index contributed by atoms with van der Waals surface area (Å²) in [4.78, 5) is 11.8. The van der Waals surface area contributed by atoms with Crippen molar-refractivity contribution in [2.75, 3.05) is 14.2 Å². The number of thiocarbonyl (C=S) groups is 1. The van der Waals surface area contributed by atoms with Crippen molar-refractivity contribution in [3.8, 4) is 17.2 Å². The van der Waals surface area contributed by atoms with E-state index in [4.69, 9.17) is 26.4 Å². The summed E-state index contributed by atoms with van der Waals surface area (Å²) in [5, 5.41) is 7.60. The Labute approximate surface area is 175 Å². The summed E-state index contributed by atoms with van der Waals surface area (Å²) < 4.78 is 15.8. The van der Waals surface area contributed by atoms with Crippen molar-refractivity contribution in [3.63, 3.8) is 0 Å². The van der Waals surface area contributed by atoms with Gasteiger partial charge in [-0.3, -0.25) is 10.2 Å². The molecule has 1 fully saturated rings. The van der Waals surface area contributed by atoms with Crippen LogP contribution in [0.3, 0.4) is 0 Å². The van der Waals surface area contributed by atoms with Gasteiger partial charge in [0.2, 0.25) is 0 Å². The highest BCUT2D eigenvalue weighted by Crippen LogP contribution is 2.34. The maximum Gasteiger partial charge on any atom is 0.314 e. The first-order valence-electron chi connectivity index (χ1n) is 9.18. The molecule has 0 spiro atoms. The molecule has 2 N–H and O–H groups in total. The summed E-state index contributed by atoms with van der Waals surface area (Å²) in [7, 11) is 3.16. The second kappa shape index (κ2) is 9.88. The van der Waals surface area contributed by atoms with E-state index < -0.39 is 0 Å². The fourth-order valence-corrected chi connectivity index (χ4v) is 2.62. The minimum atomic E-state index is -0.209. The second-order valence-corrected chi connectivity index (χ2v) is 6.91. The third-order valence-electron chi connectivity index (χ3n) is 4.30. The van der Waals surface area contributed by atoms with Gasteiger partial charge in [0.05, 0.1) is 26.4 Å². The van der Waals surface area contributed by atoms with Gasteiger partial charge in [0.25, 0.3) is 0 Å². The minimum absolute atomic E-state index is 0.0246. The predicted octanol–water partition coefficient (Wildman–Crippen LogP) is 3.02. The number of esters is 1. The molecule has 0 radical (unpaired) electrons. The van der Waals surface area contributed by atoms with Crippen LogP contribution >= 0.6 is 12.2 Å². The van der Waals surface area contributed by atoms with Gasteiger partial charge in [-0.25, -0.2) is 0 Å². The third-order valence-corrected chi connectivity index (χ3v) is 4.54. The van der Waals surface area contributed by atoms with Crippen LogP contribution in [0.15, 0.2) is 47.6 Å². The van der Waals surface area contributed by atoms with E-state index in [9.17, 15) is 4.79 Å². The molecule has 0 saturated heterocycles. The van der Waals surface area contributed by atoms with E-state index in [1.165, 1.54) is 7.11 Å². The van der Waals surface area contributed by atoms with Crippen molar-refractivity contribution in [2.45, 2.75) is 19.4 Å². The van der Waals surface area contributed by atoms with Gasteiger partial charge >= 0.3 is 5.97 Å². The van der Waals surface area contributed by atoms with Gasteiger partial charge in [0.15, 0.2) is 16.6 Å². The molecule has 1 saturated carbocycles. The first-order valence-corrected chi connectivity index (χ1v) is 9.59. The van der Waals surface area contributed by atoms with Crippen LogP contribution in [-0.4, -0.2) is 31.5 Å². The molecule has 0 atom stereocenters. The highest BCUT2D eigenvalue weighted by molar-refractivity contribution is 7.80. The van der Waals surface area contributed by atoms with Gasteiger partial charge in [0.1, 0.15) is 5.75 Å². The van der Waals surface area contributed by atoms with Gasteiger partial charge in [-0.1, -0.05) is 12.1 Å². The average Bonchev–Trinajstić information content (AvgIpc) is 3.59. The SMILES string of the molecule is COc1ccc(CNC(=S)N/N=C\c2ccc(OC(=O)C3CC3)c(OC)c2)cc1. The molecule has 152 valence electrons. The molecule has 3 rings (SSSR count). The highest BCUT2D eigenvalue weighted by Gasteiger charge is 2.32. The lowest BCUT2D eigenvalue weighted by Crippen LogP contribution is -2.31. The van der Waals surface area contributed by atoms with Crippen molar-refractivity contribution in [1.82, 2.24) is 10.7 Å².